The minimum absolute atomic E-state index is 0.730. The van der Waals surface area contributed by atoms with Gasteiger partial charge in [0.1, 0.15) is 0 Å². The second-order valence-corrected chi connectivity index (χ2v) is 5.89. The molecular formula is C12H19N3S. The largest absolute Gasteiger partial charge is 0.313 e. The Balaban J connectivity index is 1.57. The predicted octanol–water partition coefficient (Wildman–Crippen LogP) is 1.86. The maximum atomic E-state index is 4.16. The highest BCUT2D eigenvalue weighted by Gasteiger charge is 2.31. The van der Waals surface area contributed by atoms with E-state index < -0.39 is 0 Å². The van der Waals surface area contributed by atoms with E-state index in [9.17, 15) is 0 Å². The van der Waals surface area contributed by atoms with Crippen LogP contribution in [0.1, 0.15) is 30.6 Å². The van der Waals surface area contributed by atoms with Gasteiger partial charge in [-0.15, -0.1) is 11.3 Å². The van der Waals surface area contributed by atoms with Crippen LogP contribution in [0.5, 0.6) is 0 Å². The molecule has 1 aliphatic heterocycles. The number of nitrogens with one attached hydrogen (secondary N) is 1. The van der Waals surface area contributed by atoms with Crippen molar-refractivity contribution in [3.63, 3.8) is 0 Å². The fraction of sp³-hybridized carbons (Fsp3) is 0.750. The van der Waals surface area contributed by atoms with Crippen LogP contribution < -0.4 is 5.32 Å². The van der Waals surface area contributed by atoms with Crippen LogP contribution in [-0.2, 0) is 6.54 Å². The van der Waals surface area contributed by atoms with E-state index in [1.54, 1.807) is 11.3 Å². The topological polar surface area (TPSA) is 28.2 Å². The summed E-state index contributed by atoms with van der Waals surface area (Å²) in [6.45, 7) is 3.54. The normalized spacial score (nSPS) is 25.4. The van der Waals surface area contributed by atoms with Gasteiger partial charge in [-0.2, -0.15) is 0 Å². The van der Waals surface area contributed by atoms with Crippen molar-refractivity contribution in [3.8, 4) is 0 Å². The number of aromatic nitrogens is 1. The molecule has 16 heavy (non-hydrogen) atoms. The summed E-state index contributed by atoms with van der Waals surface area (Å²) in [5.74, 6) is 0. The lowest BCUT2D eigenvalue weighted by Crippen LogP contribution is -2.38. The van der Waals surface area contributed by atoms with Crippen molar-refractivity contribution in [3.05, 3.63) is 16.6 Å². The molecule has 0 unspecified atom stereocenters. The lowest BCUT2D eigenvalue weighted by molar-refractivity contribution is 0.233. The van der Waals surface area contributed by atoms with Crippen molar-refractivity contribution >= 4 is 11.3 Å². The van der Waals surface area contributed by atoms with Crippen molar-refractivity contribution in [1.82, 2.24) is 15.2 Å². The Morgan fingerprint density at radius 2 is 2.38 bits per heavy atom. The number of hydrogen-bond donors (Lipinski definition) is 1. The highest BCUT2D eigenvalue weighted by atomic mass is 32.1. The van der Waals surface area contributed by atoms with E-state index in [0.717, 1.165) is 18.6 Å². The third kappa shape index (κ3) is 2.62. The third-order valence-electron chi connectivity index (χ3n) is 3.52. The van der Waals surface area contributed by atoms with Gasteiger partial charge in [0.05, 0.1) is 5.51 Å². The summed E-state index contributed by atoms with van der Waals surface area (Å²) in [7, 11) is 0. The second kappa shape index (κ2) is 4.82. The third-order valence-corrected chi connectivity index (χ3v) is 4.29. The summed E-state index contributed by atoms with van der Waals surface area (Å²) in [6.07, 6.45) is 7.51. The van der Waals surface area contributed by atoms with Crippen LogP contribution in [0.25, 0.3) is 0 Å². The molecule has 1 aliphatic carbocycles. The molecule has 1 aromatic rings. The van der Waals surface area contributed by atoms with Crippen molar-refractivity contribution in [1.29, 1.82) is 0 Å². The van der Waals surface area contributed by atoms with Crippen LogP contribution in [0.4, 0.5) is 0 Å². The first-order chi connectivity index (χ1) is 7.92. The molecule has 2 heterocycles. The lowest BCUT2D eigenvalue weighted by atomic mass is 10.2. The maximum absolute atomic E-state index is 4.16. The minimum Gasteiger partial charge on any atom is -0.313 e. The molecule has 1 saturated heterocycles. The Morgan fingerprint density at radius 1 is 1.44 bits per heavy atom. The van der Waals surface area contributed by atoms with Crippen molar-refractivity contribution in [2.45, 2.75) is 44.3 Å². The van der Waals surface area contributed by atoms with Crippen LogP contribution in [0, 0.1) is 0 Å². The molecule has 1 aromatic heterocycles. The van der Waals surface area contributed by atoms with E-state index in [1.165, 1.54) is 43.6 Å². The molecule has 0 amide bonds. The Labute approximate surface area is 101 Å². The Bertz CT molecular complexity index is 315. The maximum Gasteiger partial charge on any atom is 0.0794 e. The smallest absolute Gasteiger partial charge is 0.0794 e. The fourth-order valence-corrected chi connectivity index (χ4v) is 3.12. The molecular weight excluding hydrogens is 218 g/mol. The first kappa shape index (κ1) is 10.7. The average molecular weight is 237 g/mol. The van der Waals surface area contributed by atoms with Gasteiger partial charge in [0, 0.05) is 36.2 Å². The molecule has 1 saturated carbocycles. The molecule has 3 rings (SSSR count). The van der Waals surface area contributed by atoms with Gasteiger partial charge >= 0.3 is 0 Å². The molecule has 88 valence electrons. The van der Waals surface area contributed by atoms with Gasteiger partial charge < -0.3 is 5.32 Å². The van der Waals surface area contributed by atoms with Crippen LogP contribution in [0.15, 0.2) is 11.7 Å². The van der Waals surface area contributed by atoms with Gasteiger partial charge in [-0.3, -0.25) is 9.88 Å². The molecule has 1 N–H and O–H groups in total. The molecule has 0 bridgehead atoms. The van der Waals surface area contributed by atoms with Gasteiger partial charge in [-0.25, -0.2) is 0 Å². The second-order valence-electron chi connectivity index (χ2n) is 4.92. The first-order valence-corrected chi connectivity index (χ1v) is 7.14. The van der Waals surface area contributed by atoms with Crippen LogP contribution >= 0.6 is 11.3 Å². The van der Waals surface area contributed by atoms with Crippen LogP contribution in [0.2, 0.25) is 0 Å². The van der Waals surface area contributed by atoms with E-state index in [0.29, 0.717) is 0 Å². The summed E-state index contributed by atoms with van der Waals surface area (Å²) in [4.78, 5) is 8.22. The Kier molecular flexibility index (Phi) is 3.22. The molecule has 4 heteroatoms. The number of thiazole rings is 1. The summed E-state index contributed by atoms with van der Waals surface area (Å²) >= 11 is 1.78. The Morgan fingerprint density at radius 3 is 3.00 bits per heavy atom. The molecule has 0 spiro atoms. The zero-order valence-electron chi connectivity index (χ0n) is 9.56. The molecule has 0 radical (unpaired) electrons. The summed E-state index contributed by atoms with van der Waals surface area (Å²) in [5, 5.41) is 3.60. The SMILES string of the molecule is c1ncc(CN(C[C@H]2CCCN2)C2CC2)s1. The van der Waals surface area contributed by atoms with E-state index in [4.69, 9.17) is 0 Å². The van der Waals surface area contributed by atoms with Crippen LogP contribution in [0.3, 0.4) is 0 Å². The minimum atomic E-state index is 0.730. The zero-order chi connectivity index (χ0) is 10.8. The zero-order valence-corrected chi connectivity index (χ0v) is 10.4. The van der Waals surface area contributed by atoms with Crippen molar-refractivity contribution in [2.75, 3.05) is 13.1 Å². The first-order valence-electron chi connectivity index (χ1n) is 6.26. The van der Waals surface area contributed by atoms with Crippen molar-refractivity contribution in [2.24, 2.45) is 0 Å². The summed E-state index contributed by atoms with van der Waals surface area (Å²) in [5.41, 5.74) is 1.94. The quantitative estimate of drug-likeness (QED) is 0.847. The highest BCUT2D eigenvalue weighted by molar-refractivity contribution is 7.09. The van der Waals surface area contributed by atoms with E-state index in [1.807, 2.05) is 11.7 Å². The van der Waals surface area contributed by atoms with Gasteiger partial charge in [-0.05, 0) is 32.2 Å². The number of hydrogen-bond acceptors (Lipinski definition) is 4. The van der Waals surface area contributed by atoms with Gasteiger partial charge in [0.15, 0.2) is 0 Å². The number of nitrogens with zero attached hydrogens (tertiary/aromatic N) is 2. The molecule has 3 nitrogen and oxygen atoms in total. The monoisotopic (exact) mass is 237 g/mol. The number of rotatable bonds is 5. The van der Waals surface area contributed by atoms with Gasteiger partial charge in [-0.1, -0.05) is 0 Å². The lowest BCUT2D eigenvalue weighted by Gasteiger charge is -2.24. The van der Waals surface area contributed by atoms with E-state index in [2.05, 4.69) is 15.2 Å². The molecule has 1 atom stereocenters. The highest BCUT2D eigenvalue weighted by Crippen LogP contribution is 2.29. The molecule has 2 fully saturated rings. The predicted molar refractivity (Wildman–Crippen MR) is 66.6 cm³/mol. The van der Waals surface area contributed by atoms with Crippen molar-refractivity contribution < 1.29 is 0 Å². The van der Waals surface area contributed by atoms with E-state index in [-0.39, 0.29) is 0 Å². The standard InChI is InChI=1S/C12H19N3S/c1-2-10(14-5-1)7-15(11-3-4-11)8-12-6-13-9-16-12/h6,9-11,14H,1-5,7-8H2/t10-/m1/s1. The summed E-state index contributed by atoms with van der Waals surface area (Å²) < 4.78 is 0. The summed E-state index contributed by atoms with van der Waals surface area (Å²) in [6, 6.07) is 1.58. The Hall–Kier alpha value is -0.450. The van der Waals surface area contributed by atoms with E-state index >= 15 is 0 Å². The molecule has 2 aliphatic rings. The molecule has 0 aromatic carbocycles. The van der Waals surface area contributed by atoms with Crippen LogP contribution in [-0.4, -0.2) is 35.1 Å². The average Bonchev–Trinajstić information content (AvgIpc) is 2.79. The fourth-order valence-electron chi connectivity index (χ4n) is 2.50. The van der Waals surface area contributed by atoms with Gasteiger partial charge in [0.25, 0.3) is 0 Å². The van der Waals surface area contributed by atoms with Gasteiger partial charge in [0.2, 0.25) is 0 Å².